The molecule has 0 saturated carbocycles. The van der Waals surface area contributed by atoms with Crippen LogP contribution >= 0.6 is 10.7 Å². The molecular weight excluding hydrogens is 314 g/mol. The van der Waals surface area contributed by atoms with Gasteiger partial charge in [0.15, 0.2) is 0 Å². The Balaban J connectivity index is 2.78. The summed E-state index contributed by atoms with van der Waals surface area (Å²) in [6, 6.07) is 5.38. The van der Waals surface area contributed by atoms with Crippen LogP contribution < -0.4 is 5.32 Å². The largest absolute Gasteiger partial charge is 0.380 e. The maximum Gasteiger partial charge on any atom is 0.261 e. The summed E-state index contributed by atoms with van der Waals surface area (Å²) >= 11 is 0. The van der Waals surface area contributed by atoms with Crippen molar-refractivity contribution in [2.45, 2.75) is 31.7 Å². The lowest BCUT2D eigenvalue weighted by atomic mass is 10.0. The summed E-state index contributed by atoms with van der Waals surface area (Å²) in [4.78, 5) is 12.1. The molecule has 1 rings (SSSR count). The van der Waals surface area contributed by atoms with Crippen molar-refractivity contribution in [2.24, 2.45) is 5.92 Å². The minimum Gasteiger partial charge on any atom is -0.380 e. The van der Waals surface area contributed by atoms with Crippen LogP contribution in [0.5, 0.6) is 0 Å². The molecule has 1 unspecified atom stereocenters. The first-order valence-corrected chi connectivity index (χ1v) is 9.00. The van der Waals surface area contributed by atoms with Crippen molar-refractivity contribution in [1.29, 1.82) is 0 Å². The SMILES string of the molecule is CCOCC(NC(=O)c1ccc(S(=O)(=O)Cl)cc1)C(C)C. The average Bonchev–Trinajstić information content (AvgIpc) is 2.42. The molecule has 1 aromatic rings. The smallest absolute Gasteiger partial charge is 0.261 e. The minimum absolute atomic E-state index is 0.0320. The number of carbonyl (C=O) groups is 1. The van der Waals surface area contributed by atoms with E-state index in [0.29, 0.717) is 18.8 Å². The van der Waals surface area contributed by atoms with Gasteiger partial charge in [-0.15, -0.1) is 0 Å². The van der Waals surface area contributed by atoms with Gasteiger partial charge in [0, 0.05) is 22.9 Å². The van der Waals surface area contributed by atoms with Gasteiger partial charge >= 0.3 is 0 Å². The van der Waals surface area contributed by atoms with Crippen LogP contribution in [0.2, 0.25) is 0 Å². The van der Waals surface area contributed by atoms with Crippen LogP contribution in [0.3, 0.4) is 0 Å². The number of benzene rings is 1. The van der Waals surface area contributed by atoms with Gasteiger partial charge in [0.05, 0.1) is 17.5 Å². The summed E-state index contributed by atoms with van der Waals surface area (Å²) in [5, 5.41) is 2.88. The van der Waals surface area contributed by atoms with Gasteiger partial charge in [0.2, 0.25) is 0 Å². The normalized spacial score (nSPS) is 13.2. The molecule has 5 nitrogen and oxygen atoms in total. The number of halogens is 1. The zero-order valence-electron chi connectivity index (χ0n) is 12.3. The number of amides is 1. The van der Waals surface area contributed by atoms with Gasteiger partial charge in [0.25, 0.3) is 15.0 Å². The number of rotatable bonds is 7. The van der Waals surface area contributed by atoms with E-state index in [4.69, 9.17) is 15.4 Å². The van der Waals surface area contributed by atoms with Crippen LogP contribution in [0.15, 0.2) is 29.2 Å². The Morgan fingerprint density at radius 3 is 2.29 bits per heavy atom. The highest BCUT2D eigenvalue weighted by Crippen LogP contribution is 2.15. The van der Waals surface area contributed by atoms with E-state index in [-0.39, 0.29) is 22.8 Å². The molecule has 0 bridgehead atoms. The van der Waals surface area contributed by atoms with Crippen molar-refractivity contribution in [3.63, 3.8) is 0 Å². The maximum absolute atomic E-state index is 12.1. The first kappa shape index (κ1) is 17.9. The van der Waals surface area contributed by atoms with E-state index in [9.17, 15) is 13.2 Å². The molecule has 0 aromatic heterocycles. The first-order chi connectivity index (χ1) is 9.75. The fourth-order valence-electron chi connectivity index (χ4n) is 1.67. The van der Waals surface area contributed by atoms with Crippen molar-refractivity contribution >= 4 is 25.6 Å². The van der Waals surface area contributed by atoms with Gasteiger partial charge in [-0.25, -0.2) is 8.42 Å². The van der Waals surface area contributed by atoms with Crippen LogP contribution in [0, 0.1) is 5.92 Å². The summed E-state index contributed by atoms with van der Waals surface area (Å²) in [5.74, 6) is -0.0464. The molecule has 0 aliphatic heterocycles. The Hall–Kier alpha value is -1.11. The van der Waals surface area contributed by atoms with Crippen LogP contribution in [-0.2, 0) is 13.8 Å². The zero-order chi connectivity index (χ0) is 16.0. The summed E-state index contributed by atoms with van der Waals surface area (Å²) in [6.07, 6.45) is 0. The van der Waals surface area contributed by atoms with Crippen LogP contribution in [0.1, 0.15) is 31.1 Å². The van der Waals surface area contributed by atoms with E-state index in [0.717, 1.165) is 0 Å². The Morgan fingerprint density at radius 1 is 1.29 bits per heavy atom. The van der Waals surface area contributed by atoms with Crippen LogP contribution in [-0.4, -0.2) is 33.6 Å². The topological polar surface area (TPSA) is 72.5 Å². The Labute approximate surface area is 130 Å². The summed E-state index contributed by atoms with van der Waals surface area (Å²) < 4.78 is 27.6. The molecule has 0 saturated heterocycles. The monoisotopic (exact) mass is 333 g/mol. The van der Waals surface area contributed by atoms with Crippen molar-refractivity contribution in [1.82, 2.24) is 5.32 Å². The third kappa shape index (κ3) is 5.65. The van der Waals surface area contributed by atoms with E-state index >= 15 is 0 Å². The lowest BCUT2D eigenvalue weighted by Crippen LogP contribution is -2.41. The van der Waals surface area contributed by atoms with Crippen molar-refractivity contribution in [2.75, 3.05) is 13.2 Å². The fourth-order valence-corrected chi connectivity index (χ4v) is 2.44. The average molecular weight is 334 g/mol. The molecule has 0 aliphatic rings. The lowest BCUT2D eigenvalue weighted by Gasteiger charge is -2.22. The molecule has 0 fully saturated rings. The van der Waals surface area contributed by atoms with Gasteiger partial charge in [-0.2, -0.15) is 0 Å². The third-order valence-corrected chi connectivity index (χ3v) is 4.39. The van der Waals surface area contributed by atoms with E-state index in [2.05, 4.69) is 5.32 Å². The van der Waals surface area contributed by atoms with E-state index < -0.39 is 9.05 Å². The Kier molecular flexibility index (Phi) is 6.64. The van der Waals surface area contributed by atoms with Gasteiger partial charge in [0.1, 0.15) is 0 Å². The van der Waals surface area contributed by atoms with Crippen molar-refractivity contribution < 1.29 is 17.9 Å². The second-order valence-corrected chi connectivity index (χ2v) is 7.51. The molecule has 0 aliphatic carbocycles. The van der Waals surface area contributed by atoms with E-state index in [1.165, 1.54) is 24.3 Å². The third-order valence-electron chi connectivity index (χ3n) is 3.02. The van der Waals surface area contributed by atoms with E-state index in [1.54, 1.807) is 0 Å². The van der Waals surface area contributed by atoms with Gasteiger partial charge < -0.3 is 10.1 Å². The summed E-state index contributed by atoms with van der Waals surface area (Å²) in [6.45, 7) is 6.90. The first-order valence-electron chi connectivity index (χ1n) is 6.69. The quantitative estimate of drug-likeness (QED) is 0.778. The number of hydrogen-bond acceptors (Lipinski definition) is 4. The zero-order valence-corrected chi connectivity index (χ0v) is 13.9. The molecule has 0 radical (unpaired) electrons. The number of hydrogen-bond donors (Lipinski definition) is 1. The molecule has 0 spiro atoms. The summed E-state index contributed by atoms with van der Waals surface area (Å²) in [5.41, 5.74) is 0.376. The fraction of sp³-hybridized carbons (Fsp3) is 0.500. The second kappa shape index (κ2) is 7.77. The van der Waals surface area contributed by atoms with Gasteiger partial charge in [-0.1, -0.05) is 13.8 Å². The minimum atomic E-state index is -3.77. The predicted octanol–water partition coefficient (Wildman–Crippen LogP) is 2.41. The Morgan fingerprint density at radius 2 is 1.86 bits per heavy atom. The Bertz CT molecular complexity index is 569. The van der Waals surface area contributed by atoms with Crippen molar-refractivity contribution in [3.8, 4) is 0 Å². The highest BCUT2D eigenvalue weighted by atomic mass is 35.7. The van der Waals surface area contributed by atoms with Gasteiger partial charge in [-0.3, -0.25) is 4.79 Å². The van der Waals surface area contributed by atoms with Crippen molar-refractivity contribution in [3.05, 3.63) is 29.8 Å². The molecule has 1 N–H and O–H groups in total. The van der Waals surface area contributed by atoms with Crippen LogP contribution in [0.25, 0.3) is 0 Å². The molecule has 7 heteroatoms. The number of nitrogens with one attached hydrogen (secondary N) is 1. The molecule has 1 atom stereocenters. The summed E-state index contributed by atoms with van der Waals surface area (Å²) in [7, 11) is 1.46. The number of ether oxygens (including phenoxy) is 1. The standard InChI is InChI=1S/C14H20ClNO4S/c1-4-20-9-13(10(2)3)16-14(17)11-5-7-12(8-6-11)21(15,18)19/h5-8,10,13H,4,9H2,1-3H3,(H,16,17). The van der Waals surface area contributed by atoms with Gasteiger partial charge in [-0.05, 0) is 37.1 Å². The molecule has 118 valence electrons. The highest BCUT2D eigenvalue weighted by molar-refractivity contribution is 8.13. The van der Waals surface area contributed by atoms with E-state index in [1.807, 2.05) is 20.8 Å². The molecule has 1 amide bonds. The molecule has 1 aromatic carbocycles. The molecule has 21 heavy (non-hydrogen) atoms. The maximum atomic E-state index is 12.1. The predicted molar refractivity (Wildman–Crippen MR) is 82.1 cm³/mol. The lowest BCUT2D eigenvalue weighted by molar-refractivity contribution is 0.0806. The highest BCUT2D eigenvalue weighted by Gasteiger charge is 2.18. The molecule has 0 heterocycles. The second-order valence-electron chi connectivity index (χ2n) is 4.95. The van der Waals surface area contributed by atoms with Crippen LogP contribution in [0.4, 0.5) is 0 Å². The molecular formula is C14H20ClNO4S. The number of carbonyl (C=O) groups excluding carboxylic acids is 1.